The first-order chi connectivity index (χ1) is 9.54. The average molecular weight is 334 g/mol. The van der Waals surface area contributed by atoms with Crippen molar-refractivity contribution in [3.05, 3.63) is 23.8 Å². The number of carbonyl (C=O) groups is 1. The van der Waals surface area contributed by atoms with Gasteiger partial charge in [0.2, 0.25) is 0 Å². The van der Waals surface area contributed by atoms with Gasteiger partial charge in [-0.2, -0.15) is 0 Å². The SMILES string of the molecule is COc1ccc(C(=O)NCCC(C)(C)C)cc1S(=O)(=O)Cl. The number of halogens is 1. The van der Waals surface area contributed by atoms with Gasteiger partial charge in [-0.05, 0) is 30.0 Å². The van der Waals surface area contributed by atoms with Crippen molar-refractivity contribution in [1.29, 1.82) is 0 Å². The van der Waals surface area contributed by atoms with Crippen molar-refractivity contribution >= 4 is 25.6 Å². The Morgan fingerprint density at radius 2 is 1.95 bits per heavy atom. The fourth-order valence-electron chi connectivity index (χ4n) is 1.66. The molecule has 0 aliphatic carbocycles. The molecule has 21 heavy (non-hydrogen) atoms. The predicted molar refractivity (Wildman–Crippen MR) is 82.4 cm³/mol. The number of methoxy groups -OCH3 is 1. The largest absolute Gasteiger partial charge is 0.495 e. The first-order valence-electron chi connectivity index (χ1n) is 6.45. The van der Waals surface area contributed by atoms with E-state index in [9.17, 15) is 13.2 Å². The molecule has 5 nitrogen and oxygen atoms in total. The Hall–Kier alpha value is -1.27. The summed E-state index contributed by atoms with van der Waals surface area (Å²) in [4.78, 5) is 11.8. The van der Waals surface area contributed by atoms with E-state index >= 15 is 0 Å². The molecule has 0 unspecified atom stereocenters. The number of ether oxygens (including phenoxy) is 1. The van der Waals surface area contributed by atoms with Crippen LogP contribution in [0.5, 0.6) is 5.75 Å². The van der Waals surface area contributed by atoms with Gasteiger partial charge in [0, 0.05) is 22.8 Å². The first-order valence-corrected chi connectivity index (χ1v) is 8.76. The maximum atomic E-state index is 12.0. The van der Waals surface area contributed by atoms with Crippen LogP contribution in [0, 0.1) is 5.41 Å². The molecule has 0 saturated carbocycles. The lowest BCUT2D eigenvalue weighted by Gasteiger charge is -2.18. The van der Waals surface area contributed by atoms with Crippen molar-refractivity contribution in [2.75, 3.05) is 13.7 Å². The van der Waals surface area contributed by atoms with Crippen LogP contribution in [0.2, 0.25) is 0 Å². The molecule has 0 saturated heterocycles. The summed E-state index contributed by atoms with van der Waals surface area (Å²) < 4.78 is 27.9. The summed E-state index contributed by atoms with van der Waals surface area (Å²) in [6.45, 7) is 6.73. The van der Waals surface area contributed by atoms with Gasteiger partial charge in [-0.3, -0.25) is 4.79 Å². The average Bonchev–Trinajstić information content (AvgIpc) is 2.35. The van der Waals surface area contributed by atoms with Crippen molar-refractivity contribution < 1.29 is 17.9 Å². The molecule has 0 radical (unpaired) electrons. The third-order valence-electron chi connectivity index (χ3n) is 2.85. The third kappa shape index (κ3) is 5.55. The molecule has 0 bridgehead atoms. The molecule has 1 aromatic rings. The molecule has 0 spiro atoms. The van der Waals surface area contributed by atoms with E-state index in [1.54, 1.807) is 0 Å². The Kier molecular flexibility index (Phi) is 5.64. The zero-order chi connectivity index (χ0) is 16.3. The Balaban J connectivity index is 2.92. The van der Waals surface area contributed by atoms with Crippen LogP contribution in [0.1, 0.15) is 37.6 Å². The maximum Gasteiger partial charge on any atom is 0.265 e. The third-order valence-corrected chi connectivity index (χ3v) is 4.19. The second-order valence-electron chi connectivity index (χ2n) is 5.87. The molecule has 1 N–H and O–H groups in total. The minimum atomic E-state index is -3.98. The van der Waals surface area contributed by atoms with Gasteiger partial charge in [0.05, 0.1) is 7.11 Å². The van der Waals surface area contributed by atoms with Crippen LogP contribution in [0.4, 0.5) is 0 Å². The lowest BCUT2D eigenvalue weighted by molar-refractivity contribution is 0.0949. The van der Waals surface area contributed by atoms with Gasteiger partial charge in [0.15, 0.2) is 0 Å². The molecular formula is C14H20ClNO4S. The summed E-state index contributed by atoms with van der Waals surface area (Å²) in [6, 6.07) is 4.12. The van der Waals surface area contributed by atoms with Crippen LogP contribution in [0.3, 0.4) is 0 Å². The number of amides is 1. The van der Waals surface area contributed by atoms with Crippen molar-refractivity contribution in [2.45, 2.75) is 32.1 Å². The van der Waals surface area contributed by atoms with E-state index < -0.39 is 9.05 Å². The monoisotopic (exact) mass is 333 g/mol. The van der Waals surface area contributed by atoms with Gasteiger partial charge in [-0.15, -0.1) is 0 Å². The van der Waals surface area contributed by atoms with E-state index in [1.165, 1.54) is 25.3 Å². The van der Waals surface area contributed by atoms with Crippen LogP contribution in [-0.2, 0) is 9.05 Å². The second-order valence-corrected chi connectivity index (χ2v) is 8.40. The lowest BCUT2D eigenvalue weighted by Crippen LogP contribution is -2.27. The summed E-state index contributed by atoms with van der Waals surface area (Å²) in [5.41, 5.74) is 0.335. The molecule has 1 amide bonds. The molecular weight excluding hydrogens is 314 g/mol. The van der Waals surface area contributed by atoms with Gasteiger partial charge in [0.1, 0.15) is 10.6 Å². The van der Waals surface area contributed by atoms with Gasteiger partial charge < -0.3 is 10.1 Å². The molecule has 0 atom stereocenters. The molecule has 0 aromatic heterocycles. The minimum Gasteiger partial charge on any atom is -0.495 e. The van der Waals surface area contributed by atoms with Gasteiger partial charge in [-0.1, -0.05) is 20.8 Å². The van der Waals surface area contributed by atoms with Crippen molar-refractivity contribution in [3.63, 3.8) is 0 Å². The molecule has 118 valence electrons. The number of carbonyl (C=O) groups excluding carboxylic acids is 1. The summed E-state index contributed by atoms with van der Waals surface area (Å²) in [7, 11) is 2.70. The van der Waals surface area contributed by atoms with Gasteiger partial charge in [-0.25, -0.2) is 8.42 Å². The number of nitrogens with one attached hydrogen (secondary N) is 1. The van der Waals surface area contributed by atoms with E-state index in [4.69, 9.17) is 15.4 Å². The number of hydrogen-bond acceptors (Lipinski definition) is 4. The highest BCUT2D eigenvalue weighted by Crippen LogP contribution is 2.27. The molecule has 7 heteroatoms. The first kappa shape index (κ1) is 17.8. The van der Waals surface area contributed by atoms with Crippen molar-refractivity contribution in [2.24, 2.45) is 5.41 Å². The summed E-state index contributed by atoms with van der Waals surface area (Å²) >= 11 is 0. The highest BCUT2D eigenvalue weighted by atomic mass is 35.7. The Morgan fingerprint density at radius 3 is 2.43 bits per heavy atom. The van der Waals surface area contributed by atoms with Crippen molar-refractivity contribution in [3.8, 4) is 5.75 Å². The van der Waals surface area contributed by atoms with E-state index in [1.807, 2.05) is 0 Å². The van der Waals surface area contributed by atoms with Crippen LogP contribution in [0.25, 0.3) is 0 Å². The summed E-state index contributed by atoms with van der Waals surface area (Å²) in [5.74, 6) is -0.236. The molecule has 0 heterocycles. The minimum absolute atomic E-state index is 0.108. The second kappa shape index (κ2) is 6.66. The Morgan fingerprint density at radius 1 is 1.33 bits per heavy atom. The Bertz CT molecular complexity index is 620. The van der Waals surface area contributed by atoms with E-state index in [-0.39, 0.29) is 27.5 Å². The molecule has 1 aromatic carbocycles. The topological polar surface area (TPSA) is 72.5 Å². The Labute approximate surface area is 130 Å². The van der Waals surface area contributed by atoms with Crippen LogP contribution in [-0.4, -0.2) is 28.0 Å². The number of hydrogen-bond donors (Lipinski definition) is 1. The highest BCUT2D eigenvalue weighted by Gasteiger charge is 2.19. The van der Waals surface area contributed by atoms with Gasteiger partial charge in [0.25, 0.3) is 15.0 Å². The van der Waals surface area contributed by atoms with Crippen LogP contribution in [0.15, 0.2) is 23.1 Å². The zero-order valence-corrected chi connectivity index (χ0v) is 14.1. The highest BCUT2D eigenvalue weighted by molar-refractivity contribution is 8.13. The fraction of sp³-hybridized carbons (Fsp3) is 0.500. The number of benzene rings is 1. The van der Waals surface area contributed by atoms with Crippen LogP contribution < -0.4 is 10.1 Å². The maximum absolute atomic E-state index is 12.0. The van der Waals surface area contributed by atoms with E-state index in [0.29, 0.717) is 6.54 Å². The number of rotatable bonds is 5. The summed E-state index contributed by atoms with van der Waals surface area (Å²) in [6.07, 6.45) is 0.815. The van der Waals surface area contributed by atoms with Gasteiger partial charge >= 0.3 is 0 Å². The standard InChI is InChI=1S/C14H20ClNO4S/c1-14(2,3)7-8-16-13(17)10-5-6-11(20-4)12(9-10)21(15,18)19/h5-6,9H,7-8H2,1-4H3,(H,16,17). The summed E-state index contributed by atoms with van der Waals surface area (Å²) in [5, 5.41) is 2.75. The van der Waals surface area contributed by atoms with E-state index in [2.05, 4.69) is 26.1 Å². The smallest absolute Gasteiger partial charge is 0.265 e. The zero-order valence-electron chi connectivity index (χ0n) is 12.6. The van der Waals surface area contributed by atoms with Crippen LogP contribution >= 0.6 is 10.7 Å². The quantitative estimate of drug-likeness (QED) is 0.841. The van der Waals surface area contributed by atoms with E-state index in [0.717, 1.165) is 6.42 Å². The molecule has 0 aliphatic heterocycles. The van der Waals surface area contributed by atoms with Crippen molar-refractivity contribution in [1.82, 2.24) is 5.32 Å². The molecule has 0 aliphatic rings. The fourth-order valence-corrected chi connectivity index (χ4v) is 2.68. The normalized spacial score (nSPS) is 12.0. The lowest BCUT2D eigenvalue weighted by atomic mass is 9.92. The molecule has 1 rings (SSSR count). The predicted octanol–water partition coefficient (Wildman–Crippen LogP) is 2.79. The molecule has 0 fully saturated rings.